The van der Waals surface area contributed by atoms with Gasteiger partial charge in [-0.1, -0.05) is 25.3 Å². The van der Waals surface area contributed by atoms with Crippen LogP contribution in [0.2, 0.25) is 0 Å². The standard InChI is InChI=1S/C18H22FNO2S2/c1-22-17-8-7-13(9-16(17)19)11-24(21)12-15-10-23-18(20-15)14-5-3-2-4-6-14/h7-10,14H,2-6,11-12H2,1H3/t24-/m0/s1. The molecule has 24 heavy (non-hydrogen) atoms. The van der Waals surface area contributed by atoms with Gasteiger partial charge in [-0.25, -0.2) is 9.37 Å². The molecule has 0 radical (unpaired) electrons. The van der Waals surface area contributed by atoms with Crippen molar-refractivity contribution in [2.24, 2.45) is 0 Å². The predicted octanol–water partition coefficient (Wildman–Crippen LogP) is 4.79. The SMILES string of the molecule is COc1ccc(C[S@](=O)Cc2csc(C3CCCCC3)n2)cc1F. The molecule has 1 atom stereocenters. The second-order valence-corrected chi connectivity index (χ2v) is 8.56. The van der Waals surface area contributed by atoms with Crippen molar-refractivity contribution in [3.8, 4) is 5.75 Å². The van der Waals surface area contributed by atoms with E-state index in [1.807, 2.05) is 5.38 Å². The number of hydrogen-bond acceptors (Lipinski definition) is 4. The van der Waals surface area contributed by atoms with Gasteiger partial charge in [0, 0.05) is 27.9 Å². The molecular formula is C18H22FNO2S2. The molecule has 3 rings (SSSR count). The van der Waals surface area contributed by atoms with E-state index >= 15 is 0 Å². The molecule has 2 aromatic rings. The first-order valence-electron chi connectivity index (χ1n) is 8.27. The molecule has 1 saturated carbocycles. The number of rotatable bonds is 6. The van der Waals surface area contributed by atoms with Crippen LogP contribution in [0.15, 0.2) is 23.6 Å². The van der Waals surface area contributed by atoms with E-state index in [2.05, 4.69) is 0 Å². The van der Waals surface area contributed by atoms with E-state index in [0.717, 1.165) is 11.3 Å². The summed E-state index contributed by atoms with van der Waals surface area (Å²) in [7, 11) is 0.339. The third-order valence-corrected chi connectivity index (χ3v) is 6.71. The lowest BCUT2D eigenvalue weighted by molar-refractivity contribution is 0.386. The summed E-state index contributed by atoms with van der Waals surface area (Å²) in [6.07, 6.45) is 6.35. The number of ether oxygens (including phenoxy) is 1. The summed E-state index contributed by atoms with van der Waals surface area (Å²) in [5.41, 5.74) is 1.61. The maximum absolute atomic E-state index is 13.7. The van der Waals surface area contributed by atoms with Crippen molar-refractivity contribution in [2.75, 3.05) is 7.11 Å². The molecule has 0 spiro atoms. The highest BCUT2D eigenvalue weighted by Crippen LogP contribution is 2.34. The molecule has 0 saturated heterocycles. The van der Waals surface area contributed by atoms with Gasteiger partial charge in [0.15, 0.2) is 11.6 Å². The Bertz CT molecular complexity index is 711. The highest BCUT2D eigenvalue weighted by Gasteiger charge is 2.19. The van der Waals surface area contributed by atoms with Gasteiger partial charge in [-0.15, -0.1) is 11.3 Å². The third kappa shape index (κ3) is 4.42. The van der Waals surface area contributed by atoms with E-state index in [4.69, 9.17) is 9.72 Å². The van der Waals surface area contributed by atoms with Crippen LogP contribution in [0.3, 0.4) is 0 Å². The zero-order valence-electron chi connectivity index (χ0n) is 13.8. The number of thiazole rings is 1. The fourth-order valence-electron chi connectivity index (χ4n) is 3.13. The second kappa shape index (κ2) is 8.21. The number of aromatic nitrogens is 1. The summed E-state index contributed by atoms with van der Waals surface area (Å²) >= 11 is 1.69. The van der Waals surface area contributed by atoms with Crippen LogP contribution < -0.4 is 4.74 Å². The quantitative estimate of drug-likeness (QED) is 0.737. The minimum Gasteiger partial charge on any atom is -0.494 e. The van der Waals surface area contributed by atoms with Gasteiger partial charge in [0.1, 0.15) is 0 Å². The molecule has 0 unspecified atom stereocenters. The first-order valence-corrected chi connectivity index (χ1v) is 10.6. The van der Waals surface area contributed by atoms with E-state index in [-0.39, 0.29) is 5.75 Å². The molecule has 0 amide bonds. The summed E-state index contributed by atoms with van der Waals surface area (Å²) in [4.78, 5) is 4.69. The van der Waals surface area contributed by atoms with Gasteiger partial charge in [-0.05, 0) is 30.5 Å². The molecule has 3 nitrogen and oxygen atoms in total. The number of hydrogen-bond donors (Lipinski definition) is 0. The van der Waals surface area contributed by atoms with Crippen LogP contribution in [0, 0.1) is 5.82 Å². The first-order chi connectivity index (χ1) is 11.7. The second-order valence-electron chi connectivity index (χ2n) is 6.21. The van der Waals surface area contributed by atoms with E-state index in [1.165, 1.54) is 50.3 Å². The zero-order chi connectivity index (χ0) is 16.9. The predicted molar refractivity (Wildman–Crippen MR) is 96.4 cm³/mol. The van der Waals surface area contributed by atoms with E-state index < -0.39 is 16.6 Å². The highest BCUT2D eigenvalue weighted by molar-refractivity contribution is 7.83. The van der Waals surface area contributed by atoms with Crippen molar-refractivity contribution in [3.05, 3.63) is 45.7 Å². The lowest BCUT2D eigenvalue weighted by Gasteiger charge is -2.18. The Morgan fingerprint density at radius 2 is 2.08 bits per heavy atom. The van der Waals surface area contributed by atoms with Gasteiger partial charge in [-0.3, -0.25) is 4.21 Å². The third-order valence-electron chi connectivity index (χ3n) is 4.38. The van der Waals surface area contributed by atoms with Gasteiger partial charge in [0.05, 0.1) is 23.6 Å². The van der Waals surface area contributed by atoms with Gasteiger partial charge in [0.25, 0.3) is 0 Å². The maximum Gasteiger partial charge on any atom is 0.165 e. The van der Waals surface area contributed by atoms with Crippen LogP contribution in [-0.2, 0) is 22.3 Å². The normalized spacial score (nSPS) is 16.9. The van der Waals surface area contributed by atoms with Crippen molar-refractivity contribution in [2.45, 2.75) is 49.5 Å². The van der Waals surface area contributed by atoms with Gasteiger partial charge in [-0.2, -0.15) is 0 Å². The first kappa shape index (κ1) is 17.5. The number of benzene rings is 1. The van der Waals surface area contributed by atoms with Crippen LogP contribution >= 0.6 is 11.3 Å². The van der Waals surface area contributed by atoms with E-state index in [0.29, 0.717) is 17.4 Å². The monoisotopic (exact) mass is 367 g/mol. The fourth-order valence-corrected chi connectivity index (χ4v) is 5.36. The van der Waals surface area contributed by atoms with E-state index in [1.54, 1.807) is 23.5 Å². The highest BCUT2D eigenvalue weighted by atomic mass is 32.2. The van der Waals surface area contributed by atoms with Crippen LogP contribution in [0.5, 0.6) is 5.75 Å². The van der Waals surface area contributed by atoms with Crippen molar-refractivity contribution in [1.82, 2.24) is 4.98 Å². The van der Waals surface area contributed by atoms with Crippen molar-refractivity contribution in [3.63, 3.8) is 0 Å². The average Bonchev–Trinajstić information content (AvgIpc) is 3.04. The molecule has 0 bridgehead atoms. The lowest BCUT2D eigenvalue weighted by atomic mass is 9.90. The summed E-state index contributed by atoms with van der Waals surface area (Å²) in [6.45, 7) is 0. The summed E-state index contributed by atoms with van der Waals surface area (Å²) in [6, 6.07) is 4.73. The average molecular weight is 368 g/mol. The van der Waals surface area contributed by atoms with Gasteiger partial charge < -0.3 is 4.74 Å². The number of halogens is 1. The molecule has 130 valence electrons. The smallest absolute Gasteiger partial charge is 0.165 e. The van der Waals surface area contributed by atoms with Crippen LogP contribution in [0.1, 0.15) is 54.3 Å². The van der Waals surface area contributed by atoms with Gasteiger partial charge in [0.2, 0.25) is 0 Å². The Morgan fingerprint density at radius 3 is 2.79 bits per heavy atom. The topological polar surface area (TPSA) is 39.2 Å². The minimum atomic E-state index is -1.09. The Labute approximate surface area is 148 Å². The maximum atomic E-state index is 13.7. The zero-order valence-corrected chi connectivity index (χ0v) is 15.4. The molecule has 1 aliphatic carbocycles. The Hall–Kier alpha value is -1.27. The molecule has 6 heteroatoms. The lowest BCUT2D eigenvalue weighted by Crippen LogP contribution is -2.05. The Morgan fingerprint density at radius 1 is 1.29 bits per heavy atom. The number of methoxy groups -OCH3 is 1. The molecule has 0 aliphatic heterocycles. The largest absolute Gasteiger partial charge is 0.494 e. The molecule has 1 heterocycles. The molecule has 1 aromatic heterocycles. The summed E-state index contributed by atoms with van der Waals surface area (Å²) < 4.78 is 31.0. The fraction of sp³-hybridized carbons (Fsp3) is 0.500. The molecule has 1 aliphatic rings. The summed E-state index contributed by atoms with van der Waals surface area (Å²) in [5.74, 6) is 1.14. The van der Waals surface area contributed by atoms with Crippen molar-refractivity contribution in [1.29, 1.82) is 0 Å². The van der Waals surface area contributed by atoms with Crippen LogP contribution in [0.4, 0.5) is 4.39 Å². The molecule has 0 N–H and O–H groups in total. The molecule has 1 aromatic carbocycles. The van der Waals surface area contributed by atoms with E-state index in [9.17, 15) is 8.60 Å². The number of nitrogens with zero attached hydrogens (tertiary/aromatic N) is 1. The Balaban J connectivity index is 1.58. The Kier molecular flexibility index (Phi) is 6.00. The summed E-state index contributed by atoms with van der Waals surface area (Å²) in [5, 5.41) is 3.22. The minimum absolute atomic E-state index is 0.209. The molecular weight excluding hydrogens is 345 g/mol. The van der Waals surface area contributed by atoms with Gasteiger partial charge >= 0.3 is 0 Å². The van der Waals surface area contributed by atoms with Crippen LogP contribution in [-0.4, -0.2) is 16.3 Å². The van der Waals surface area contributed by atoms with Crippen LogP contribution in [0.25, 0.3) is 0 Å². The van der Waals surface area contributed by atoms with Crippen molar-refractivity contribution >= 4 is 22.1 Å². The van der Waals surface area contributed by atoms with Crippen molar-refractivity contribution < 1.29 is 13.3 Å². The molecule has 1 fully saturated rings.